The highest BCUT2D eigenvalue weighted by atomic mass is 16.1. The van der Waals surface area contributed by atoms with Gasteiger partial charge in [0.05, 0.1) is 6.20 Å². The Bertz CT molecular complexity index is 589. The number of carbonyl (C=O) groups excluding carboxylic acids is 1. The van der Waals surface area contributed by atoms with Crippen molar-refractivity contribution in [3.8, 4) is 0 Å². The molecule has 0 aliphatic carbocycles. The third-order valence-electron chi connectivity index (χ3n) is 3.08. The first-order chi connectivity index (χ1) is 9.63. The molecule has 0 unspecified atom stereocenters. The number of carbonyl (C=O) groups is 1. The van der Waals surface area contributed by atoms with Gasteiger partial charge in [-0.2, -0.15) is 5.10 Å². The fraction of sp³-hybridized carbons (Fsp3) is 0.333. The number of hydrogen-bond donors (Lipinski definition) is 2. The molecule has 106 valence electrons. The Morgan fingerprint density at radius 2 is 2.10 bits per heavy atom. The summed E-state index contributed by atoms with van der Waals surface area (Å²) in [6.07, 6.45) is 2.37. The first-order valence-electron chi connectivity index (χ1n) is 6.76. The molecule has 3 N–H and O–H groups in total. The summed E-state index contributed by atoms with van der Waals surface area (Å²) >= 11 is 0. The predicted molar refractivity (Wildman–Crippen MR) is 79.8 cm³/mol. The van der Waals surface area contributed by atoms with Crippen molar-refractivity contribution in [1.82, 2.24) is 9.78 Å². The van der Waals surface area contributed by atoms with Crippen LogP contribution in [-0.2, 0) is 6.42 Å². The molecule has 1 aromatic heterocycles. The van der Waals surface area contributed by atoms with Crippen LogP contribution in [0, 0.1) is 0 Å². The maximum absolute atomic E-state index is 12.4. The molecule has 0 bridgehead atoms. The molecule has 2 rings (SSSR count). The van der Waals surface area contributed by atoms with Gasteiger partial charge in [-0.15, -0.1) is 0 Å². The number of nitrogens with zero attached hydrogens (tertiary/aromatic N) is 2. The Hall–Kier alpha value is -2.14. The number of hydrogen-bond acceptors (Lipinski definition) is 3. The number of nitrogens with two attached hydrogens (primary N) is 1. The standard InChI is InChI=1S/C15H20N4O/c1-11(2)19-14(8-10-17-19)18-15(20)13-6-4-3-5-12(13)7-9-16/h3-6,8,10-11H,7,9,16H2,1-2H3,(H,18,20). The average molecular weight is 272 g/mol. The maximum atomic E-state index is 12.4. The van der Waals surface area contributed by atoms with E-state index in [1.54, 1.807) is 16.9 Å². The Labute approximate surface area is 118 Å². The molecule has 1 aromatic carbocycles. The largest absolute Gasteiger partial charge is 0.330 e. The molecule has 0 saturated heterocycles. The van der Waals surface area contributed by atoms with Crippen molar-refractivity contribution in [2.75, 3.05) is 11.9 Å². The van der Waals surface area contributed by atoms with Crippen molar-refractivity contribution >= 4 is 11.7 Å². The molecule has 0 fully saturated rings. The molecule has 5 nitrogen and oxygen atoms in total. The van der Waals surface area contributed by atoms with Crippen molar-refractivity contribution in [1.29, 1.82) is 0 Å². The number of aromatic nitrogens is 2. The molecule has 0 spiro atoms. The minimum absolute atomic E-state index is 0.128. The molecule has 5 heteroatoms. The molecule has 1 amide bonds. The summed E-state index contributed by atoms with van der Waals surface area (Å²) in [6, 6.07) is 9.51. The van der Waals surface area contributed by atoms with Crippen LogP contribution in [0.3, 0.4) is 0 Å². The van der Waals surface area contributed by atoms with Crippen LogP contribution in [-0.4, -0.2) is 22.2 Å². The van der Waals surface area contributed by atoms with Crippen molar-refractivity contribution in [2.45, 2.75) is 26.3 Å². The molecular formula is C15H20N4O. The second kappa shape index (κ2) is 6.34. The van der Waals surface area contributed by atoms with Crippen LogP contribution in [0.15, 0.2) is 36.5 Å². The Morgan fingerprint density at radius 1 is 1.35 bits per heavy atom. The van der Waals surface area contributed by atoms with E-state index in [2.05, 4.69) is 10.4 Å². The van der Waals surface area contributed by atoms with E-state index in [0.29, 0.717) is 24.3 Å². The zero-order chi connectivity index (χ0) is 14.5. The van der Waals surface area contributed by atoms with E-state index in [9.17, 15) is 4.79 Å². The smallest absolute Gasteiger partial charge is 0.257 e. The molecule has 20 heavy (non-hydrogen) atoms. The first kappa shape index (κ1) is 14.3. The summed E-state index contributed by atoms with van der Waals surface area (Å²) in [4.78, 5) is 12.4. The van der Waals surface area contributed by atoms with E-state index < -0.39 is 0 Å². The van der Waals surface area contributed by atoms with Gasteiger partial charge in [-0.05, 0) is 38.4 Å². The lowest BCUT2D eigenvalue weighted by Crippen LogP contribution is -2.19. The summed E-state index contributed by atoms with van der Waals surface area (Å²) in [5, 5.41) is 7.11. The monoisotopic (exact) mass is 272 g/mol. The van der Waals surface area contributed by atoms with E-state index in [4.69, 9.17) is 5.73 Å². The van der Waals surface area contributed by atoms with Gasteiger partial charge < -0.3 is 11.1 Å². The highest BCUT2D eigenvalue weighted by Gasteiger charge is 2.13. The van der Waals surface area contributed by atoms with Gasteiger partial charge in [-0.1, -0.05) is 18.2 Å². The fourth-order valence-electron chi connectivity index (χ4n) is 2.12. The molecule has 1 heterocycles. The lowest BCUT2D eigenvalue weighted by molar-refractivity contribution is 0.102. The van der Waals surface area contributed by atoms with Gasteiger partial charge in [-0.25, -0.2) is 4.68 Å². The summed E-state index contributed by atoms with van der Waals surface area (Å²) < 4.78 is 1.78. The quantitative estimate of drug-likeness (QED) is 0.876. The van der Waals surface area contributed by atoms with Crippen molar-refractivity contribution in [3.05, 3.63) is 47.7 Å². The van der Waals surface area contributed by atoms with Crippen LogP contribution in [0.25, 0.3) is 0 Å². The highest BCUT2D eigenvalue weighted by molar-refractivity contribution is 6.04. The third-order valence-corrected chi connectivity index (χ3v) is 3.08. The SMILES string of the molecule is CC(C)n1nccc1NC(=O)c1ccccc1CCN. The van der Waals surface area contributed by atoms with E-state index in [1.807, 2.05) is 38.1 Å². The van der Waals surface area contributed by atoms with Crippen LogP contribution in [0.4, 0.5) is 5.82 Å². The normalized spacial score (nSPS) is 10.8. The predicted octanol–water partition coefficient (Wildman–Crippen LogP) is 2.22. The van der Waals surface area contributed by atoms with Gasteiger partial charge >= 0.3 is 0 Å². The molecule has 0 aliphatic heterocycles. The zero-order valence-corrected chi connectivity index (χ0v) is 11.8. The van der Waals surface area contributed by atoms with Crippen LogP contribution >= 0.6 is 0 Å². The summed E-state index contributed by atoms with van der Waals surface area (Å²) in [7, 11) is 0. The Kier molecular flexibility index (Phi) is 4.53. The van der Waals surface area contributed by atoms with E-state index in [-0.39, 0.29) is 11.9 Å². The van der Waals surface area contributed by atoms with Gasteiger partial charge in [0, 0.05) is 17.7 Å². The third kappa shape index (κ3) is 3.05. The van der Waals surface area contributed by atoms with Crippen LogP contribution < -0.4 is 11.1 Å². The van der Waals surface area contributed by atoms with Gasteiger partial charge in [-0.3, -0.25) is 4.79 Å². The summed E-state index contributed by atoms with van der Waals surface area (Å²) in [5.74, 6) is 0.573. The fourth-order valence-corrected chi connectivity index (χ4v) is 2.12. The van der Waals surface area contributed by atoms with Crippen LogP contribution in [0.1, 0.15) is 35.8 Å². The summed E-state index contributed by atoms with van der Waals surface area (Å²) in [5.41, 5.74) is 7.21. The van der Waals surface area contributed by atoms with Crippen molar-refractivity contribution in [2.24, 2.45) is 5.73 Å². The zero-order valence-electron chi connectivity index (χ0n) is 11.8. The topological polar surface area (TPSA) is 72.9 Å². The molecular weight excluding hydrogens is 252 g/mol. The van der Waals surface area contributed by atoms with E-state index in [1.165, 1.54) is 0 Å². The lowest BCUT2D eigenvalue weighted by atomic mass is 10.0. The number of nitrogens with one attached hydrogen (secondary N) is 1. The minimum atomic E-state index is -0.128. The van der Waals surface area contributed by atoms with Gasteiger partial charge in [0.1, 0.15) is 5.82 Å². The van der Waals surface area contributed by atoms with E-state index >= 15 is 0 Å². The number of benzene rings is 1. The first-order valence-corrected chi connectivity index (χ1v) is 6.76. The average Bonchev–Trinajstić information content (AvgIpc) is 2.88. The molecule has 0 radical (unpaired) electrons. The number of amides is 1. The second-order valence-electron chi connectivity index (χ2n) is 4.90. The Morgan fingerprint density at radius 3 is 2.80 bits per heavy atom. The van der Waals surface area contributed by atoms with Crippen molar-refractivity contribution in [3.63, 3.8) is 0 Å². The van der Waals surface area contributed by atoms with Crippen LogP contribution in [0.2, 0.25) is 0 Å². The van der Waals surface area contributed by atoms with Crippen molar-refractivity contribution < 1.29 is 4.79 Å². The lowest BCUT2D eigenvalue weighted by Gasteiger charge is -2.13. The molecule has 2 aromatic rings. The molecule has 0 atom stereocenters. The van der Waals surface area contributed by atoms with Gasteiger partial charge in [0.25, 0.3) is 5.91 Å². The maximum Gasteiger partial charge on any atom is 0.257 e. The number of anilines is 1. The summed E-state index contributed by atoms with van der Waals surface area (Å²) in [6.45, 7) is 4.56. The van der Waals surface area contributed by atoms with Gasteiger partial charge in [0.2, 0.25) is 0 Å². The molecule has 0 aliphatic rings. The molecule has 0 saturated carbocycles. The highest BCUT2D eigenvalue weighted by Crippen LogP contribution is 2.16. The minimum Gasteiger partial charge on any atom is -0.330 e. The second-order valence-corrected chi connectivity index (χ2v) is 4.90. The Balaban J connectivity index is 2.22. The number of rotatable bonds is 5. The van der Waals surface area contributed by atoms with Gasteiger partial charge in [0.15, 0.2) is 0 Å². The van der Waals surface area contributed by atoms with E-state index in [0.717, 1.165) is 5.56 Å². The van der Waals surface area contributed by atoms with Crippen LogP contribution in [0.5, 0.6) is 0 Å².